The molecule has 0 unspecified atom stereocenters. The molecule has 0 spiro atoms. The molecule has 0 amide bonds. The third-order valence-corrected chi connectivity index (χ3v) is 4.84. The second-order valence-electron chi connectivity index (χ2n) is 7.61. The summed E-state index contributed by atoms with van der Waals surface area (Å²) in [4.78, 5) is 0. The first-order chi connectivity index (χ1) is 11.5. The molecule has 1 aromatic heterocycles. The molecule has 1 aliphatic heterocycles. The van der Waals surface area contributed by atoms with E-state index in [0.717, 1.165) is 36.4 Å². The maximum absolute atomic E-state index is 5.61. The molecule has 1 aliphatic carbocycles. The van der Waals surface area contributed by atoms with Crippen LogP contribution in [0.3, 0.4) is 0 Å². The molecule has 5 nitrogen and oxygen atoms in total. The molecule has 24 heavy (non-hydrogen) atoms. The quantitative estimate of drug-likeness (QED) is 0.937. The minimum absolute atomic E-state index is 0.0287. The topological polar surface area (TPSA) is 48.3 Å². The zero-order valence-corrected chi connectivity index (χ0v) is 14.6. The average molecular weight is 327 g/mol. The van der Waals surface area contributed by atoms with Gasteiger partial charge in [0, 0.05) is 29.4 Å². The first kappa shape index (κ1) is 15.5. The molecular weight excluding hydrogens is 302 g/mol. The van der Waals surface area contributed by atoms with Crippen LogP contribution in [-0.2, 0) is 18.5 Å². The normalized spacial score (nSPS) is 19.4. The molecule has 128 valence electrons. The molecule has 0 saturated carbocycles. The number of para-hydroxylation sites is 1. The molecule has 2 heterocycles. The SMILES string of the molecule is CC(C)(C)n1ncc2c1CCC[C@@H]2NCc1cccc2c1OCO2. The fourth-order valence-electron chi connectivity index (χ4n) is 3.71. The second-order valence-corrected chi connectivity index (χ2v) is 7.61. The number of hydrogen-bond acceptors (Lipinski definition) is 4. The molecule has 0 fully saturated rings. The number of rotatable bonds is 3. The zero-order chi connectivity index (χ0) is 16.7. The van der Waals surface area contributed by atoms with Crippen LogP contribution in [0.5, 0.6) is 11.5 Å². The third-order valence-electron chi connectivity index (χ3n) is 4.84. The monoisotopic (exact) mass is 327 g/mol. The van der Waals surface area contributed by atoms with E-state index in [4.69, 9.17) is 9.47 Å². The van der Waals surface area contributed by atoms with Crippen molar-refractivity contribution >= 4 is 0 Å². The van der Waals surface area contributed by atoms with Crippen molar-refractivity contribution < 1.29 is 9.47 Å². The summed E-state index contributed by atoms with van der Waals surface area (Å²) < 4.78 is 13.3. The first-order valence-electron chi connectivity index (χ1n) is 8.72. The van der Waals surface area contributed by atoms with Crippen LogP contribution in [0.15, 0.2) is 24.4 Å². The van der Waals surface area contributed by atoms with Gasteiger partial charge in [0.25, 0.3) is 0 Å². The highest BCUT2D eigenvalue weighted by Crippen LogP contribution is 2.36. The van der Waals surface area contributed by atoms with Crippen molar-refractivity contribution in [3.8, 4) is 11.5 Å². The molecule has 0 bridgehead atoms. The molecule has 4 rings (SSSR count). The molecule has 1 aromatic carbocycles. The van der Waals surface area contributed by atoms with E-state index in [1.807, 2.05) is 18.3 Å². The Bertz CT molecular complexity index is 746. The number of nitrogens with zero attached hydrogens (tertiary/aromatic N) is 2. The van der Waals surface area contributed by atoms with Crippen molar-refractivity contribution in [1.29, 1.82) is 0 Å². The minimum atomic E-state index is 0.0287. The van der Waals surface area contributed by atoms with E-state index in [0.29, 0.717) is 12.8 Å². The summed E-state index contributed by atoms with van der Waals surface area (Å²) in [6.45, 7) is 7.72. The Balaban J connectivity index is 1.54. The van der Waals surface area contributed by atoms with Crippen LogP contribution in [-0.4, -0.2) is 16.6 Å². The second kappa shape index (κ2) is 5.81. The number of benzene rings is 1. The van der Waals surface area contributed by atoms with Crippen molar-refractivity contribution in [3.63, 3.8) is 0 Å². The lowest BCUT2D eigenvalue weighted by Crippen LogP contribution is -2.29. The summed E-state index contributed by atoms with van der Waals surface area (Å²) in [6.07, 6.45) is 5.50. The van der Waals surface area contributed by atoms with Gasteiger partial charge < -0.3 is 14.8 Å². The molecule has 1 N–H and O–H groups in total. The lowest BCUT2D eigenvalue weighted by Gasteiger charge is -2.28. The van der Waals surface area contributed by atoms with Gasteiger partial charge in [0.05, 0.1) is 11.7 Å². The van der Waals surface area contributed by atoms with Crippen LogP contribution in [0.25, 0.3) is 0 Å². The minimum Gasteiger partial charge on any atom is -0.454 e. The highest BCUT2D eigenvalue weighted by atomic mass is 16.7. The molecule has 0 saturated heterocycles. The Morgan fingerprint density at radius 1 is 1.29 bits per heavy atom. The van der Waals surface area contributed by atoms with Gasteiger partial charge in [-0.3, -0.25) is 4.68 Å². The number of hydrogen-bond donors (Lipinski definition) is 1. The van der Waals surface area contributed by atoms with E-state index in [1.165, 1.54) is 17.7 Å². The summed E-state index contributed by atoms with van der Waals surface area (Å²) in [5.74, 6) is 1.73. The molecule has 0 radical (unpaired) electrons. The van der Waals surface area contributed by atoms with Crippen LogP contribution >= 0.6 is 0 Å². The van der Waals surface area contributed by atoms with Gasteiger partial charge in [0.2, 0.25) is 6.79 Å². The summed E-state index contributed by atoms with van der Waals surface area (Å²) in [6, 6.07) is 6.43. The van der Waals surface area contributed by atoms with Crippen molar-refractivity contribution in [2.45, 2.75) is 58.2 Å². The van der Waals surface area contributed by atoms with Crippen LogP contribution in [0.1, 0.15) is 56.5 Å². The van der Waals surface area contributed by atoms with Gasteiger partial charge in [-0.25, -0.2) is 0 Å². The molecule has 5 heteroatoms. The van der Waals surface area contributed by atoms with Gasteiger partial charge in [0.1, 0.15) is 0 Å². The van der Waals surface area contributed by atoms with E-state index in [9.17, 15) is 0 Å². The summed E-state index contributed by atoms with van der Waals surface area (Å²) in [7, 11) is 0. The first-order valence-corrected chi connectivity index (χ1v) is 8.72. The predicted octanol–water partition coefficient (Wildman–Crippen LogP) is 3.53. The Kier molecular flexibility index (Phi) is 3.76. The van der Waals surface area contributed by atoms with Crippen LogP contribution in [0.4, 0.5) is 0 Å². The average Bonchev–Trinajstić information content (AvgIpc) is 3.18. The van der Waals surface area contributed by atoms with Gasteiger partial charge in [-0.2, -0.15) is 5.10 Å². The summed E-state index contributed by atoms with van der Waals surface area (Å²) >= 11 is 0. The van der Waals surface area contributed by atoms with E-state index >= 15 is 0 Å². The molecule has 2 aromatic rings. The predicted molar refractivity (Wildman–Crippen MR) is 92.3 cm³/mol. The smallest absolute Gasteiger partial charge is 0.231 e. The van der Waals surface area contributed by atoms with Crippen molar-refractivity contribution in [1.82, 2.24) is 15.1 Å². The van der Waals surface area contributed by atoms with E-state index in [1.54, 1.807) is 0 Å². The van der Waals surface area contributed by atoms with Crippen LogP contribution in [0, 0.1) is 0 Å². The van der Waals surface area contributed by atoms with Gasteiger partial charge in [-0.1, -0.05) is 12.1 Å². The van der Waals surface area contributed by atoms with E-state index in [2.05, 4.69) is 41.9 Å². The molecule has 2 aliphatic rings. The summed E-state index contributed by atoms with van der Waals surface area (Å²) in [5.41, 5.74) is 3.91. The van der Waals surface area contributed by atoms with E-state index in [-0.39, 0.29) is 5.54 Å². The number of ether oxygens (including phenoxy) is 2. The number of nitrogens with one attached hydrogen (secondary N) is 1. The highest BCUT2D eigenvalue weighted by molar-refractivity contribution is 5.48. The van der Waals surface area contributed by atoms with E-state index < -0.39 is 0 Å². The van der Waals surface area contributed by atoms with Crippen molar-refractivity contribution in [2.75, 3.05) is 6.79 Å². The van der Waals surface area contributed by atoms with Crippen molar-refractivity contribution in [2.24, 2.45) is 0 Å². The van der Waals surface area contributed by atoms with Gasteiger partial charge >= 0.3 is 0 Å². The fourth-order valence-corrected chi connectivity index (χ4v) is 3.71. The Morgan fingerprint density at radius 2 is 2.17 bits per heavy atom. The van der Waals surface area contributed by atoms with Crippen molar-refractivity contribution in [3.05, 3.63) is 41.2 Å². The Labute approximate surface area is 143 Å². The van der Waals surface area contributed by atoms with Gasteiger partial charge in [-0.15, -0.1) is 0 Å². The largest absolute Gasteiger partial charge is 0.454 e. The van der Waals surface area contributed by atoms with Crippen LogP contribution in [0.2, 0.25) is 0 Å². The third kappa shape index (κ3) is 2.67. The number of aromatic nitrogens is 2. The fraction of sp³-hybridized carbons (Fsp3) is 0.526. The lowest BCUT2D eigenvalue weighted by molar-refractivity contribution is 0.173. The number of fused-ring (bicyclic) bond motifs is 2. The van der Waals surface area contributed by atoms with Gasteiger partial charge in [0.15, 0.2) is 11.5 Å². The summed E-state index contributed by atoms with van der Waals surface area (Å²) in [5, 5.41) is 8.36. The van der Waals surface area contributed by atoms with Crippen LogP contribution < -0.4 is 14.8 Å². The Morgan fingerprint density at radius 3 is 3.00 bits per heavy atom. The maximum Gasteiger partial charge on any atom is 0.231 e. The lowest BCUT2D eigenvalue weighted by atomic mass is 9.92. The standard InChI is InChI=1S/C19H25N3O2/c1-19(2,3)22-16-8-5-7-15(14(16)11-21-22)20-10-13-6-4-9-17-18(13)24-12-23-17/h4,6,9,11,15,20H,5,7-8,10,12H2,1-3H3/t15-/m0/s1. The molecule has 1 atom stereocenters. The maximum atomic E-state index is 5.61. The van der Waals surface area contributed by atoms with Gasteiger partial charge in [-0.05, 0) is 46.1 Å². The Hall–Kier alpha value is -2.01. The molecular formula is C19H25N3O2. The zero-order valence-electron chi connectivity index (χ0n) is 14.6. The highest BCUT2D eigenvalue weighted by Gasteiger charge is 2.28.